The number of nitrogens with zero attached hydrogens (tertiary/aromatic N) is 2. The molecule has 1 aromatic heterocycles. The molecular weight excluding hydrogens is 332 g/mol. The average Bonchev–Trinajstić information content (AvgIpc) is 3.23. The molecule has 0 spiro atoms. The minimum absolute atomic E-state index is 0.0277. The third kappa shape index (κ3) is 4.27. The smallest absolute Gasteiger partial charge is 0.264 e. The normalized spacial score (nSPS) is 19.3. The van der Waals surface area contributed by atoms with E-state index in [0.29, 0.717) is 41.8 Å². The highest BCUT2D eigenvalue weighted by Gasteiger charge is 2.26. The zero-order valence-electron chi connectivity index (χ0n) is 13.3. The molecule has 2 aliphatic rings. The van der Waals surface area contributed by atoms with Crippen molar-refractivity contribution in [2.75, 3.05) is 26.2 Å². The Hall–Kier alpha value is -1.07. The van der Waals surface area contributed by atoms with Gasteiger partial charge in [0.2, 0.25) is 5.91 Å². The number of hydrogen-bond donors (Lipinski definition) is 0. The van der Waals surface area contributed by atoms with Crippen LogP contribution in [0.2, 0.25) is 4.34 Å². The van der Waals surface area contributed by atoms with E-state index >= 15 is 0 Å². The van der Waals surface area contributed by atoms with Crippen molar-refractivity contribution in [2.45, 2.75) is 38.5 Å². The highest BCUT2D eigenvalue weighted by atomic mass is 35.5. The number of piperazine rings is 1. The zero-order chi connectivity index (χ0) is 16.2. The molecule has 4 nitrogen and oxygen atoms in total. The van der Waals surface area contributed by atoms with Crippen LogP contribution >= 0.6 is 22.9 Å². The predicted molar refractivity (Wildman–Crippen MR) is 93.0 cm³/mol. The first kappa shape index (κ1) is 16.8. The van der Waals surface area contributed by atoms with Crippen LogP contribution in [0.15, 0.2) is 12.1 Å². The van der Waals surface area contributed by atoms with Crippen LogP contribution in [0.3, 0.4) is 0 Å². The predicted octanol–water partition coefficient (Wildman–Crippen LogP) is 3.66. The Morgan fingerprint density at radius 3 is 2.35 bits per heavy atom. The molecule has 6 heteroatoms. The van der Waals surface area contributed by atoms with Crippen molar-refractivity contribution in [1.82, 2.24) is 9.80 Å². The molecule has 0 atom stereocenters. The molecule has 1 aromatic rings. The number of hydrogen-bond acceptors (Lipinski definition) is 3. The van der Waals surface area contributed by atoms with Gasteiger partial charge in [-0.05, 0) is 24.5 Å². The van der Waals surface area contributed by atoms with E-state index in [2.05, 4.69) is 0 Å². The molecular formula is C17H23ClN2O2S. The van der Waals surface area contributed by atoms with E-state index in [4.69, 9.17) is 11.6 Å². The number of carbonyl (C=O) groups is 2. The minimum atomic E-state index is 0.0277. The Bertz CT molecular complexity index is 561. The lowest BCUT2D eigenvalue weighted by Gasteiger charge is -2.34. The molecule has 1 aliphatic carbocycles. The van der Waals surface area contributed by atoms with Gasteiger partial charge in [0.05, 0.1) is 9.21 Å². The van der Waals surface area contributed by atoms with Gasteiger partial charge in [-0.2, -0.15) is 0 Å². The summed E-state index contributed by atoms with van der Waals surface area (Å²) in [6.07, 6.45) is 6.93. The lowest BCUT2D eigenvalue weighted by molar-refractivity contribution is -0.133. The number of amides is 2. The van der Waals surface area contributed by atoms with E-state index in [1.54, 1.807) is 12.1 Å². The second-order valence-electron chi connectivity index (χ2n) is 6.47. The summed E-state index contributed by atoms with van der Waals surface area (Å²) in [5, 5.41) is 0. The van der Waals surface area contributed by atoms with Crippen molar-refractivity contribution >= 4 is 34.8 Å². The minimum Gasteiger partial charge on any atom is -0.339 e. The summed E-state index contributed by atoms with van der Waals surface area (Å²) in [6, 6.07) is 3.52. The Morgan fingerprint density at radius 2 is 1.74 bits per heavy atom. The summed E-state index contributed by atoms with van der Waals surface area (Å²) < 4.78 is 0.633. The van der Waals surface area contributed by atoms with Crippen molar-refractivity contribution in [2.24, 2.45) is 5.92 Å². The topological polar surface area (TPSA) is 40.6 Å². The van der Waals surface area contributed by atoms with Crippen LogP contribution in [0.4, 0.5) is 0 Å². The molecule has 126 valence electrons. The van der Waals surface area contributed by atoms with Gasteiger partial charge < -0.3 is 9.80 Å². The summed E-state index contributed by atoms with van der Waals surface area (Å²) in [6.45, 7) is 2.52. The van der Waals surface area contributed by atoms with Crippen molar-refractivity contribution in [1.29, 1.82) is 0 Å². The van der Waals surface area contributed by atoms with Gasteiger partial charge in [-0.3, -0.25) is 9.59 Å². The molecule has 0 N–H and O–H groups in total. The van der Waals surface area contributed by atoms with E-state index in [1.807, 2.05) is 9.80 Å². The largest absolute Gasteiger partial charge is 0.339 e. The Kier molecular flexibility index (Phi) is 5.59. The first-order valence-electron chi connectivity index (χ1n) is 8.46. The summed E-state index contributed by atoms with van der Waals surface area (Å²) in [5.41, 5.74) is 0. The van der Waals surface area contributed by atoms with Gasteiger partial charge in [-0.25, -0.2) is 0 Å². The molecule has 1 saturated carbocycles. The monoisotopic (exact) mass is 354 g/mol. The fourth-order valence-electron chi connectivity index (χ4n) is 3.53. The van der Waals surface area contributed by atoms with Gasteiger partial charge >= 0.3 is 0 Å². The standard InChI is InChI=1S/C17H23ClN2O2S/c18-15-7-6-14(23-15)17(22)20-11-9-19(10-12-20)16(21)8-5-13-3-1-2-4-13/h6-7,13H,1-5,8-12H2. The third-order valence-corrected chi connectivity index (χ3v) is 6.16. The summed E-state index contributed by atoms with van der Waals surface area (Å²) in [4.78, 5) is 29.1. The van der Waals surface area contributed by atoms with E-state index in [0.717, 1.165) is 12.3 Å². The second kappa shape index (κ2) is 7.67. The van der Waals surface area contributed by atoms with Gasteiger partial charge in [0.1, 0.15) is 0 Å². The van der Waals surface area contributed by atoms with Crippen LogP contribution in [0.5, 0.6) is 0 Å². The first-order valence-corrected chi connectivity index (χ1v) is 9.65. The van der Waals surface area contributed by atoms with Gasteiger partial charge in [0, 0.05) is 32.6 Å². The fraction of sp³-hybridized carbons (Fsp3) is 0.647. The highest BCUT2D eigenvalue weighted by Crippen LogP contribution is 2.29. The van der Waals surface area contributed by atoms with Gasteiger partial charge in [0.25, 0.3) is 5.91 Å². The molecule has 2 fully saturated rings. The maximum absolute atomic E-state index is 12.4. The molecule has 23 heavy (non-hydrogen) atoms. The van der Waals surface area contributed by atoms with Crippen LogP contribution in [-0.4, -0.2) is 47.8 Å². The summed E-state index contributed by atoms with van der Waals surface area (Å²) in [7, 11) is 0. The molecule has 3 rings (SSSR count). The maximum Gasteiger partial charge on any atom is 0.264 e. The van der Waals surface area contributed by atoms with Crippen molar-refractivity contribution in [3.8, 4) is 0 Å². The Balaban J connectivity index is 1.44. The summed E-state index contributed by atoms with van der Waals surface area (Å²) >= 11 is 7.20. The van der Waals surface area contributed by atoms with E-state index < -0.39 is 0 Å². The highest BCUT2D eigenvalue weighted by molar-refractivity contribution is 7.17. The quantitative estimate of drug-likeness (QED) is 0.828. The lowest BCUT2D eigenvalue weighted by atomic mass is 10.0. The SMILES string of the molecule is O=C(CCC1CCCC1)N1CCN(C(=O)c2ccc(Cl)s2)CC1. The van der Waals surface area contributed by atoms with E-state index in [1.165, 1.54) is 37.0 Å². The van der Waals surface area contributed by atoms with Crippen LogP contribution in [0.25, 0.3) is 0 Å². The van der Waals surface area contributed by atoms with Gasteiger partial charge in [0.15, 0.2) is 0 Å². The number of thiophene rings is 1. The summed E-state index contributed by atoms with van der Waals surface area (Å²) in [5.74, 6) is 1.04. The van der Waals surface area contributed by atoms with Gasteiger partial charge in [-0.1, -0.05) is 37.3 Å². The second-order valence-corrected chi connectivity index (χ2v) is 8.18. The Labute approximate surface area is 146 Å². The Morgan fingerprint density at radius 1 is 1.09 bits per heavy atom. The van der Waals surface area contributed by atoms with Crippen LogP contribution in [0.1, 0.15) is 48.2 Å². The number of carbonyl (C=O) groups excluding carboxylic acids is 2. The molecule has 2 heterocycles. The van der Waals surface area contributed by atoms with Crippen molar-refractivity contribution < 1.29 is 9.59 Å². The third-order valence-electron chi connectivity index (χ3n) is 4.94. The number of halogens is 1. The van der Waals surface area contributed by atoms with Crippen molar-refractivity contribution in [3.63, 3.8) is 0 Å². The van der Waals surface area contributed by atoms with E-state index in [9.17, 15) is 9.59 Å². The molecule has 0 aromatic carbocycles. The van der Waals surface area contributed by atoms with Gasteiger partial charge in [-0.15, -0.1) is 11.3 Å². The molecule has 0 bridgehead atoms. The molecule has 2 amide bonds. The first-order chi connectivity index (χ1) is 11.1. The van der Waals surface area contributed by atoms with Crippen LogP contribution in [0, 0.1) is 5.92 Å². The average molecular weight is 355 g/mol. The fourth-order valence-corrected chi connectivity index (χ4v) is 4.54. The molecule has 0 unspecified atom stereocenters. The van der Waals surface area contributed by atoms with Crippen molar-refractivity contribution in [3.05, 3.63) is 21.3 Å². The zero-order valence-corrected chi connectivity index (χ0v) is 14.9. The van der Waals surface area contributed by atoms with E-state index in [-0.39, 0.29) is 11.8 Å². The lowest BCUT2D eigenvalue weighted by Crippen LogP contribution is -2.50. The number of rotatable bonds is 4. The molecule has 1 saturated heterocycles. The van der Waals surface area contributed by atoms with Crippen LogP contribution < -0.4 is 0 Å². The molecule has 0 radical (unpaired) electrons. The maximum atomic E-state index is 12.4. The molecule has 1 aliphatic heterocycles. The van der Waals surface area contributed by atoms with Crippen LogP contribution in [-0.2, 0) is 4.79 Å².